The van der Waals surface area contributed by atoms with Gasteiger partial charge in [0.25, 0.3) is 0 Å². The number of rotatable bonds is 9. The molecule has 0 unspecified atom stereocenters. The van der Waals surface area contributed by atoms with Gasteiger partial charge in [-0.25, -0.2) is 0 Å². The van der Waals surface area contributed by atoms with Crippen LogP contribution in [0.15, 0.2) is 114 Å². The van der Waals surface area contributed by atoms with E-state index < -0.39 is 0 Å². The van der Waals surface area contributed by atoms with Gasteiger partial charge < -0.3 is 11.2 Å². The molecule has 0 saturated carbocycles. The lowest BCUT2D eigenvalue weighted by Crippen LogP contribution is -2.02. The summed E-state index contributed by atoms with van der Waals surface area (Å²) in [5.41, 5.74) is 18.9. The summed E-state index contributed by atoms with van der Waals surface area (Å²) in [4.78, 5) is 15.4. The first-order valence-electron chi connectivity index (χ1n) is 18.5. The van der Waals surface area contributed by atoms with Gasteiger partial charge in [0.05, 0.1) is 23.3 Å². The van der Waals surface area contributed by atoms with Gasteiger partial charge in [0.15, 0.2) is 6.29 Å². The lowest BCUT2D eigenvalue weighted by atomic mass is 9.93. The van der Waals surface area contributed by atoms with Gasteiger partial charge in [-0.2, -0.15) is 10.2 Å². The van der Waals surface area contributed by atoms with Gasteiger partial charge in [0.2, 0.25) is 0 Å². The van der Waals surface area contributed by atoms with Gasteiger partial charge >= 0.3 is 0 Å². The number of aryl methyl sites for hydroxylation is 2. The number of aliphatic imine (C=N–C) groups is 1. The van der Waals surface area contributed by atoms with E-state index in [1.807, 2.05) is 73.5 Å². The van der Waals surface area contributed by atoms with Crippen LogP contribution in [0, 0.1) is 0 Å². The van der Waals surface area contributed by atoms with Gasteiger partial charge in [-0.1, -0.05) is 152 Å². The maximum atomic E-state index is 10.5. The molecule has 2 heterocycles. The smallest absolute Gasteiger partial charge is 0.170 e. The van der Waals surface area contributed by atoms with Crippen LogP contribution in [0.2, 0.25) is 0 Å². The molecule has 0 saturated heterocycles. The molecule has 0 radical (unpaired) electrons. The molecular weight excluding hydrogens is 669 g/mol. The van der Waals surface area contributed by atoms with Crippen LogP contribution in [0.1, 0.15) is 117 Å². The molecule has 284 valence electrons. The van der Waals surface area contributed by atoms with Gasteiger partial charge in [-0.15, -0.1) is 0 Å². The number of nitrogen functional groups attached to an aromatic ring is 1. The Morgan fingerprint density at radius 2 is 0.926 bits per heavy atom. The second kappa shape index (κ2) is 20.0. The molecule has 0 aliphatic rings. The fraction of sp³-hybridized carbons (Fsp3) is 0.304. The molecule has 0 aliphatic carbocycles. The summed E-state index contributed by atoms with van der Waals surface area (Å²) in [5.74, 6) is 1.89. The highest BCUT2D eigenvalue weighted by molar-refractivity contribution is 5.83. The van der Waals surface area contributed by atoms with Crippen molar-refractivity contribution in [2.45, 2.75) is 79.1 Å². The highest BCUT2D eigenvalue weighted by atomic mass is 16.1. The highest BCUT2D eigenvalue weighted by Crippen LogP contribution is 2.35. The Morgan fingerprint density at radius 1 is 0.556 bits per heavy atom. The summed E-state index contributed by atoms with van der Waals surface area (Å²) >= 11 is 0. The summed E-state index contributed by atoms with van der Waals surface area (Å²) in [6.45, 7) is 17.6. The third kappa shape index (κ3) is 11.0. The van der Waals surface area contributed by atoms with E-state index in [-0.39, 0.29) is 5.48 Å². The van der Waals surface area contributed by atoms with Gasteiger partial charge in [-0.05, 0) is 69.2 Å². The van der Waals surface area contributed by atoms with Crippen molar-refractivity contribution in [2.24, 2.45) is 19.1 Å². The predicted molar refractivity (Wildman–Crippen MR) is 227 cm³/mol. The molecule has 6 aromatic rings. The average Bonchev–Trinajstić information content (AvgIpc) is 3.72. The lowest BCUT2D eigenvalue weighted by molar-refractivity contribution is 0.111. The number of aldehydes is 1. The average molecular weight is 727 g/mol. The summed E-state index contributed by atoms with van der Waals surface area (Å²) in [7, 11) is 3.80. The number of anilines is 1. The van der Waals surface area contributed by atoms with Crippen molar-refractivity contribution in [1.82, 2.24) is 19.6 Å². The molecule has 0 aliphatic heterocycles. The van der Waals surface area contributed by atoms with Crippen LogP contribution in [0.5, 0.6) is 0 Å². The topological polar surface area (TPSA) is 123 Å². The molecule has 0 bridgehead atoms. The number of para-hydroxylation sites is 2. The van der Waals surface area contributed by atoms with Crippen molar-refractivity contribution in [1.29, 1.82) is 0 Å². The molecule has 4 N–H and O–H groups in total. The SMILES string of the molecule is CC(C)c1cccc(C(C)C)c1N.CC(C)c1cccc(C(C)C)c1N=Cc1cc(-c2ccccc2)n(C)n1.Cn1nc(C=O)cc1-c1ccccc1.O. The van der Waals surface area contributed by atoms with Crippen molar-refractivity contribution in [3.05, 3.63) is 143 Å². The molecule has 0 fully saturated rings. The van der Waals surface area contributed by atoms with E-state index >= 15 is 0 Å². The minimum Gasteiger partial charge on any atom is -0.412 e. The lowest BCUT2D eigenvalue weighted by Gasteiger charge is -2.16. The van der Waals surface area contributed by atoms with Gasteiger partial charge in [0.1, 0.15) is 11.4 Å². The first-order chi connectivity index (χ1) is 25.3. The number of nitrogens with zero attached hydrogens (tertiary/aromatic N) is 5. The van der Waals surface area contributed by atoms with Crippen LogP contribution in [0.3, 0.4) is 0 Å². The maximum absolute atomic E-state index is 10.5. The monoisotopic (exact) mass is 726 g/mol. The first-order valence-corrected chi connectivity index (χ1v) is 18.5. The minimum absolute atomic E-state index is 0. The van der Waals surface area contributed by atoms with Crippen LogP contribution in [0.4, 0.5) is 11.4 Å². The van der Waals surface area contributed by atoms with Crippen molar-refractivity contribution in [3.8, 4) is 22.5 Å². The van der Waals surface area contributed by atoms with Crippen LogP contribution in [0.25, 0.3) is 22.5 Å². The zero-order valence-electron chi connectivity index (χ0n) is 33.6. The molecular formula is C46H58N6O2. The minimum atomic E-state index is 0. The van der Waals surface area contributed by atoms with E-state index in [0.717, 1.165) is 45.9 Å². The van der Waals surface area contributed by atoms with E-state index in [1.165, 1.54) is 22.3 Å². The van der Waals surface area contributed by atoms with Crippen molar-refractivity contribution in [2.75, 3.05) is 5.73 Å². The Balaban J connectivity index is 0.000000237. The molecule has 2 aromatic heterocycles. The molecule has 8 nitrogen and oxygen atoms in total. The number of carbonyl (C=O) groups excluding carboxylic acids is 1. The summed E-state index contributed by atoms with van der Waals surface area (Å²) in [6.07, 6.45) is 2.64. The Bertz CT molecular complexity index is 2040. The second-order valence-corrected chi connectivity index (χ2v) is 14.5. The van der Waals surface area contributed by atoms with Gasteiger partial charge in [-0.3, -0.25) is 19.2 Å². The van der Waals surface area contributed by atoms with E-state index in [0.29, 0.717) is 29.4 Å². The predicted octanol–water partition coefficient (Wildman–Crippen LogP) is 10.7. The van der Waals surface area contributed by atoms with E-state index in [2.05, 4.69) is 120 Å². The third-order valence-corrected chi connectivity index (χ3v) is 9.14. The number of aromatic nitrogens is 4. The third-order valence-electron chi connectivity index (χ3n) is 9.14. The maximum Gasteiger partial charge on any atom is 0.170 e. The van der Waals surface area contributed by atoms with Crippen molar-refractivity contribution < 1.29 is 10.3 Å². The van der Waals surface area contributed by atoms with Crippen LogP contribution in [-0.4, -0.2) is 37.5 Å². The normalized spacial score (nSPS) is 11.0. The zero-order valence-corrected chi connectivity index (χ0v) is 33.6. The first kappa shape index (κ1) is 42.8. The van der Waals surface area contributed by atoms with Crippen molar-refractivity contribution >= 4 is 23.9 Å². The summed E-state index contributed by atoms with van der Waals surface area (Å²) < 4.78 is 3.62. The Morgan fingerprint density at radius 3 is 1.30 bits per heavy atom. The molecule has 0 atom stereocenters. The van der Waals surface area contributed by atoms with E-state index in [1.54, 1.807) is 10.7 Å². The fourth-order valence-electron chi connectivity index (χ4n) is 6.26. The highest BCUT2D eigenvalue weighted by Gasteiger charge is 2.14. The van der Waals surface area contributed by atoms with Crippen LogP contribution in [-0.2, 0) is 14.1 Å². The molecule has 0 spiro atoms. The molecule has 54 heavy (non-hydrogen) atoms. The Hall–Kier alpha value is -5.60. The fourth-order valence-corrected chi connectivity index (χ4v) is 6.26. The number of hydrogen-bond donors (Lipinski definition) is 1. The number of benzene rings is 4. The Labute approximate surface area is 322 Å². The summed E-state index contributed by atoms with van der Waals surface area (Å²) in [6, 6.07) is 36.9. The Kier molecular flexibility index (Phi) is 15.9. The second-order valence-electron chi connectivity index (χ2n) is 14.5. The summed E-state index contributed by atoms with van der Waals surface area (Å²) in [5, 5.41) is 8.67. The van der Waals surface area contributed by atoms with Crippen molar-refractivity contribution in [3.63, 3.8) is 0 Å². The van der Waals surface area contributed by atoms with Crippen LogP contribution >= 0.6 is 0 Å². The van der Waals surface area contributed by atoms with Gasteiger partial charge in [0, 0.05) is 19.8 Å². The van der Waals surface area contributed by atoms with E-state index in [9.17, 15) is 4.79 Å². The molecule has 6 rings (SSSR count). The zero-order chi connectivity index (χ0) is 38.7. The molecule has 4 aromatic carbocycles. The molecule has 0 amide bonds. The molecule has 8 heteroatoms. The largest absolute Gasteiger partial charge is 0.412 e. The van der Waals surface area contributed by atoms with Crippen LogP contribution < -0.4 is 5.73 Å². The number of carbonyl (C=O) groups is 1. The number of hydrogen-bond acceptors (Lipinski definition) is 5. The number of nitrogens with two attached hydrogens (primary N) is 1. The quantitative estimate of drug-likeness (QED) is 0.0905. The van der Waals surface area contributed by atoms with E-state index in [4.69, 9.17) is 10.7 Å². The standard InChI is InChI=1S/C23H27N3.C12H19N.C11H10N2O.H2O/c1-16(2)20-12-9-13-21(17(3)4)23(20)24-15-19-14-22(26(5)25-19)18-10-7-6-8-11-18;1-8(2)10-6-5-7-11(9(3)4)12(10)13;1-13-11(7-10(8-14)12-13)9-5-3-2-4-6-9;/h6-17H,1-5H3;5-9H,13H2,1-4H3;2-8H,1H3;1H2.